The van der Waals surface area contributed by atoms with Gasteiger partial charge < -0.3 is 16.2 Å². The lowest BCUT2D eigenvalue weighted by atomic mass is 10.1. The van der Waals surface area contributed by atoms with E-state index < -0.39 is 0 Å². The summed E-state index contributed by atoms with van der Waals surface area (Å²) in [6.07, 6.45) is 1.35. The molecule has 0 heterocycles. The van der Waals surface area contributed by atoms with E-state index in [4.69, 9.17) is 10.8 Å². The molecule has 0 spiro atoms. The zero-order valence-electron chi connectivity index (χ0n) is 10.4. The number of aliphatic hydroxyl groups excluding tert-OH is 1. The Hall–Kier alpha value is -1.55. The Morgan fingerprint density at radius 3 is 2.82 bits per heavy atom. The van der Waals surface area contributed by atoms with Crippen molar-refractivity contribution in [2.75, 3.05) is 12.3 Å². The van der Waals surface area contributed by atoms with Crippen LogP contribution in [-0.4, -0.2) is 23.7 Å². The topological polar surface area (TPSA) is 75.3 Å². The van der Waals surface area contributed by atoms with Crippen LogP contribution < -0.4 is 11.1 Å². The maximum atomic E-state index is 12.0. The second-order valence-electron chi connectivity index (χ2n) is 4.18. The highest BCUT2D eigenvalue weighted by Crippen LogP contribution is 2.14. The van der Waals surface area contributed by atoms with Crippen LogP contribution >= 0.6 is 0 Å². The fourth-order valence-corrected chi connectivity index (χ4v) is 1.66. The number of carbonyl (C=O) groups excluding carboxylic acids is 1. The smallest absolute Gasteiger partial charge is 0.253 e. The van der Waals surface area contributed by atoms with E-state index >= 15 is 0 Å². The SMILES string of the molecule is CCC(CCO)NC(=O)c1cc(C)ccc1N. The summed E-state index contributed by atoms with van der Waals surface area (Å²) in [6, 6.07) is 5.37. The lowest BCUT2D eigenvalue weighted by Crippen LogP contribution is -2.35. The Bertz CT molecular complexity index is 391. The molecule has 0 aliphatic carbocycles. The number of aryl methyl sites for hydroxylation is 1. The third-order valence-corrected chi connectivity index (χ3v) is 2.76. The number of rotatable bonds is 5. The van der Waals surface area contributed by atoms with Crippen LogP contribution in [-0.2, 0) is 0 Å². The molecule has 0 bridgehead atoms. The minimum absolute atomic E-state index is 0.00703. The molecule has 0 aliphatic heterocycles. The average molecular weight is 236 g/mol. The van der Waals surface area contributed by atoms with Gasteiger partial charge >= 0.3 is 0 Å². The number of hydrogen-bond donors (Lipinski definition) is 3. The highest BCUT2D eigenvalue weighted by Gasteiger charge is 2.14. The first-order valence-electron chi connectivity index (χ1n) is 5.86. The van der Waals surface area contributed by atoms with Crippen molar-refractivity contribution in [1.82, 2.24) is 5.32 Å². The molecule has 0 aromatic heterocycles. The summed E-state index contributed by atoms with van der Waals surface area (Å²) >= 11 is 0. The summed E-state index contributed by atoms with van der Waals surface area (Å²) in [5, 5.41) is 11.7. The van der Waals surface area contributed by atoms with Crippen LogP contribution in [0.5, 0.6) is 0 Å². The Morgan fingerprint density at radius 2 is 2.24 bits per heavy atom. The van der Waals surface area contributed by atoms with E-state index in [9.17, 15) is 4.79 Å². The van der Waals surface area contributed by atoms with Gasteiger partial charge in [0.15, 0.2) is 0 Å². The van der Waals surface area contributed by atoms with Crippen LogP contribution in [0, 0.1) is 6.92 Å². The van der Waals surface area contributed by atoms with E-state index in [1.807, 2.05) is 19.9 Å². The van der Waals surface area contributed by atoms with Gasteiger partial charge in [-0.25, -0.2) is 0 Å². The molecule has 0 saturated heterocycles. The Labute approximate surface area is 102 Å². The molecule has 1 unspecified atom stereocenters. The molecule has 94 valence electrons. The second-order valence-corrected chi connectivity index (χ2v) is 4.18. The van der Waals surface area contributed by atoms with Gasteiger partial charge in [0.25, 0.3) is 5.91 Å². The quantitative estimate of drug-likeness (QED) is 0.678. The molecule has 4 nitrogen and oxygen atoms in total. The lowest BCUT2D eigenvalue weighted by Gasteiger charge is -2.16. The lowest BCUT2D eigenvalue weighted by molar-refractivity contribution is 0.0930. The van der Waals surface area contributed by atoms with Gasteiger partial charge in [-0.05, 0) is 31.9 Å². The summed E-state index contributed by atoms with van der Waals surface area (Å²) < 4.78 is 0. The number of hydrogen-bond acceptors (Lipinski definition) is 3. The molecule has 0 fully saturated rings. The number of nitrogens with one attached hydrogen (secondary N) is 1. The zero-order chi connectivity index (χ0) is 12.8. The van der Waals surface area contributed by atoms with Crippen molar-refractivity contribution in [1.29, 1.82) is 0 Å². The van der Waals surface area contributed by atoms with Gasteiger partial charge in [0.2, 0.25) is 0 Å². The van der Waals surface area contributed by atoms with E-state index in [-0.39, 0.29) is 18.6 Å². The number of aliphatic hydroxyl groups is 1. The molecule has 1 amide bonds. The van der Waals surface area contributed by atoms with Gasteiger partial charge in [-0.2, -0.15) is 0 Å². The number of anilines is 1. The van der Waals surface area contributed by atoms with Crippen LogP contribution in [0.2, 0.25) is 0 Å². The fourth-order valence-electron chi connectivity index (χ4n) is 1.66. The molecule has 4 N–H and O–H groups in total. The van der Waals surface area contributed by atoms with Crippen LogP contribution in [0.1, 0.15) is 35.7 Å². The molecular weight excluding hydrogens is 216 g/mol. The minimum Gasteiger partial charge on any atom is -0.398 e. The highest BCUT2D eigenvalue weighted by atomic mass is 16.3. The fraction of sp³-hybridized carbons (Fsp3) is 0.462. The number of carbonyl (C=O) groups is 1. The molecular formula is C13H20N2O2. The molecule has 4 heteroatoms. The minimum atomic E-state index is -0.175. The van der Waals surface area contributed by atoms with Gasteiger partial charge in [-0.15, -0.1) is 0 Å². The molecule has 1 rings (SSSR count). The van der Waals surface area contributed by atoms with Crippen LogP contribution in [0.4, 0.5) is 5.69 Å². The largest absolute Gasteiger partial charge is 0.398 e. The van der Waals surface area contributed by atoms with Crippen LogP contribution in [0.3, 0.4) is 0 Å². The Morgan fingerprint density at radius 1 is 1.53 bits per heavy atom. The average Bonchev–Trinajstić information content (AvgIpc) is 2.31. The first-order chi connectivity index (χ1) is 8.08. The van der Waals surface area contributed by atoms with Crippen molar-refractivity contribution in [3.05, 3.63) is 29.3 Å². The predicted molar refractivity (Wildman–Crippen MR) is 68.8 cm³/mol. The summed E-state index contributed by atoms with van der Waals surface area (Å²) in [6.45, 7) is 3.96. The van der Waals surface area contributed by atoms with E-state index in [1.54, 1.807) is 12.1 Å². The molecule has 0 aliphatic rings. The number of nitrogen functional groups attached to an aromatic ring is 1. The van der Waals surface area contributed by atoms with Crippen molar-refractivity contribution < 1.29 is 9.90 Å². The van der Waals surface area contributed by atoms with Crippen LogP contribution in [0.15, 0.2) is 18.2 Å². The number of amides is 1. The van der Waals surface area contributed by atoms with E-state index in [1.165, 1.54) is 0 Å². The van der Waals surface area contributed by atoms with Crippen molar-refractivity contribution in [3.63, 3.8) is 0 Å². The first kappa shape index (κ1) is 13.5. The van der Waals surface area contributed by atoms with Gasteiger partial charge in [-0.1, -0.05) is 18.6 Å². The number of nitrogens with two attached hydrogens (primary N) is 1. The standard InChI is InChI=1S/C13H20N2O2/c1-3-10(6-7-16)15-13(17)11-8-9(2)4-5-12(11)14/h4-5,8,10,16H,3,6-7,14H2,1-2H3,(H,15,17). The second kappa shape index (κ2) is 6.25. The van der Waals surface area contributed by atoms with Crippen molar-refractivity contribution >= 4 is 11.6 Å². The maximum Gasteiger partial charge on any atom is 0.253 e. The molecule has 0 radical (unpaired) electrons. The monoisotopic (exact) mass is 236 g/mol. The van der Waals surface area contributed by atoms with E-state index in [2.05, 4.69) is 5.32 Å². The number of benzene rings is 1. The van der Waals surface area contributed by atoms with Crippen molar-refractivity contribution in [2.45, 2.75) is 32.7 Å². The zero-order valence-corrected chi connectivity index (χ0v) is 10.4. The van der Waals surface area contributed by atoms with Gasteiger partial charge in [0.1, 0.15) is 0 Å². The summed E-state index contributed by atoms with van der Waals surface area (Å²) in [4.78, 5) is 12.0. The summed E-state index contributed by atoms with van der Waals surface area (Å²) in [5.41, 5.74) is 7.75. The van der Waals surface area contributed by atoms with Crippen LogP contribution in [0.25, 0.3) is 0 Å². The molecule has 17 heavy (non-hydrogen) atoms. The highest BCUT2D eigenvalue weighted by molar-refractivity contribution is 5.99. The Kier molecular flexibility index (Phi) is 4.97. The van der Waals surface area contributed by atoms with E-state index in [0.29, 0.717) is 17.7 Å². The van der Waals surface area contributed by atoms with E-state index in [0.717, 1.165) is 12.0 Å². The summed E-state index contributed by atoms with van der Waals surface area (Å²) in [5.74, 6) is -0.175. The molecule has 1 atom stereocenters. The van der Waals surface area contributed by atoms with Crippen molar-refractivity contribution in [2.24, 2.45) is 0 Å². The third kappa shape index (κ3) is 3.75. The Balaban J connectivity index is 2.78. The molecule has 1 aromatic carbocycles. The first-order valence-corrected chi connectivity index (χ1v) is 5.86. The van der Waals surface area contributed by atoms with Gasteiger partial charge in [-0.3, -0.25) is 4.79 Å². The van der Waals surface area contributed by atoms with Gasteiger partial charge in [0, 0.05) is 18.3 Å². The van der Waals surface area contributed by atoms with Gasteiger partial charge in [0.05, 0.1) is 5.56 Å². The molecule has 1 aromatic rings. The predicted octanol–water partition coefficient (Wildman–Crippen LogP) is 1.47. The molecule has 0 saturated carbocycles. The third-order valence-electron chi connectivity index (χ3n) is 2.76. The normalized spacial score (nSPS) is 12.2. The summed E-state index contributed by atoms with van der Waals surface area (Å²) in [7, 11) is 0. The van der Waals surface area contributed by atoms with Crippen molar-refractivity contribution in [3.8, 4) is 0 Å². The maximum absolute atomic E-state index is 12.0.